The number of rotatable bonds is 5. The van der Waals surface area contributed by atoms with Crippen molar-refractivity contribution >= 4 is 16.9 Å². The Morgan fingerprint density at radius 3 is 2.74 bits per heavy atom. The Labute approximate surface area is 136 Å². The van der Waals surface area contributed by atoms with Crippen molar-refractivity contribution in [2.75, 3.05) is 32.7 Å². The van der Waals surface area contributed by atoms with Gasteiger partial charge in [-0.3, -0.25) is 0 Å². The predicted octanol–water partition coefficient (Wildman–Crippen LogP) is 2.02. The lowest BCUT2D eigenvalue weighted by Crippen LogP contribution is -2.43. The standard InChI is InChI=1S/C18H25N3O2/c1-13-10-16-14(4-3-7-21-8-5-19-6-9-21)12-20(2)17(16)11-15(13)18(22)23/h10-12,19H,3-9H2,1-2H3,(H,22,23). The van der Waals surface area contributed by atoms with E-state index in [2.05, 4.69) is 16.4 Å². The van der Waals surface area contributed by atoms with Gasteiger partial charge in [0.25, 0.3) is 0 Å². The maximum Gasteiger partial charge on any atom is 0.336 e. The fourth-order valence-corrected chi connectivity index (χ4v) is 3.48. The molecule has 1 aliphatic rings. The van der Waals surface area contributed by atoms with E-state index >= 15 is 0 Å². The summed E-state index contributed by atoms with van der Waals surface area (Å²) in [6.45, 7) is 7.45. The van der Waals surface area contributed by atoms with Gasteiger partial charge < -0.3 is 19.9 Å². The molecule has 124 valence electrons. The van der Waals surface area contributed by atoms with Crippen LogP contribution in [0.2, 0.25) is 0 Å². The third-order valence-corrected chi connectivity index (χ3v) is 4.78. The van der Waals surface area contributed by atoms with Crippen LogP contribution in [0.15, 0.2) is 18.3 Å². The highest BCUT2D eigenvalue weighted by atomic mass is 16.4. The van der Waals surface area contributed by atoms with Crippen molar-refractivity contribution in [1.82, 2.24) is 14.8 Å². The Kier molecular flexibility index (Phi) is 4.68. The summed E-state index contributed by atoms with van der Waals surface area (Å²) < 4.78 is 2.04. The van der Waals surface area contributed by atoms with Gasteiger partial charge in [0.05, 0.1) is 5.56 Å². The average molecular weight is 315 g/mol. The number of carboxylic acid groups (broad SMARTS) is 1. The van der Waals surface area contributed by atoms with Gasteiger partial charge in [-0.15, -0.1) is 0 Å². The second-order valence-corrected chi connectivity index (χ2v) is 6.45. The third kappa shape index (κ3) is 3.41. The topological polar surface area (TPSA) is 57.5 Å². The largest absolute Gasteiger partial charge is 0.478 e. The van der Waals surface area contributed by atoms with E-state index in [1.54, 1.807) is 6.07 Å². The zero-order valence-corrected chi connectivity index (χ0v) is 13.9. The molecule has 0 spiro atoms. The van der Waals surface area contributed by atoms with Crippen molar-refractivity contribution in [1.29, 1.82) is 0 Å². The molecule has 1 aromatic heterocycles. The van der Waals surface area contributed by atoms with Gasteiger partial charge in [-0.25, -0.2) is 4.79 Å². The molecule has 5 nitrogen and oxygen atoms in total. The molecule has 0 amide bonds. The minimum atomic E-state index is -0.856. The number of piperazine rings is 1. The van der Waals surface area contributed by atoms with E-state index < -0.39 is 5.97 Å². The molecule has 2 N–H and O–H groups in total. The van der Waals surface area contributed by atoms with Crippen LogP contribution in [0, 0.1) is 6.92 Å². The van der Waals surface area contributed by atoms with Crippen LogP contribution in [0.1, 0.15) is 27.9 Å². The molecule has 1 aliphatic heterocycles. The molecule has 1 aromatic carbocycles. The van der Waals surface area contributed by atoms with Gasteiger partial charge in [-0.05, 0) is 49.6 Å². The van der Waals surface area contributed by atoms with Crippen LogP contribution in [-0.4, -0.2) is 53.3 Å². The number of hydrogen-bond acceptors (Lipinski definition) is 3. The summed E-state index contributed by atoms with van der Waals surface area (Å²) in [7, 11) is 1.99. The first kappa shape index (κ1) is 16.0. The highest BCUT2D eigenvalue weighted by Crippen LogP contribution is 2.25. The Morgan fingerprint density at radius 2 is 2.04 bits per heavy atom. The van der Waals surface area contributed by atoms with Gasteiger partial charge in [-0.1, -0.05) is 0 Å². The predicted molar refractivity (Wildman–Crippen MR) is 92.2 cm³/mol. The number of aromatic nitrogens is 1. The number of benzene rings is 1. The normalized spacial score (nSPS) is 16.1. The lowest BCUT2D eigenvalue weighted by Gasteiger charge is -2.26. The van der Waals surface area contributed by atoms with E-state index in [4.69, 9.17) is 0 Å². The Bertz CT molecular complexity index is 715. The molecular weight excluding hydrogens is 290 g/mol. The van der Waals surface area contributed by atoms with Crippen molar-refractivity contribution in [3.63, 3.8) is 0 Å². The van der Waals surface area contributed by atoms with Crippen LogP contribution in [-0.2, 0) is 13.5 Å². The van der Waals surface area contributed by atoms with Gasteiger partial charge >= 0.3 is 5.97 Å². The molecule has 3 rings (SSSR count). The van der Waals surface area contributed by atoms with Crippen molar-refractivity contribution in [3.05, 3.63) is 35.0 Å². The summed E-state index contributed by atoms with van der Waals surface area (Å²) >= 11 is 0. The number of nitrogens with one attached hydrogen (secondary N) is 1. The van der Waals surface area contributed by atoms with Gasteiger partial charge in [0.1, 0.15) is 0 Å². The Balaban J connectivity index is 1.75. The van der Waals surface area contributed by atoms with Crippen LogP contribution in [0.25, 0.3) is 10.9 Å². The lowest BCUT2D eigenvalue weighted by atomic mass is 10.0. The Morgan fingerprint density at radius 1 is 1.30 bits per heavy atom. The highest BCUT2D eigenvalue weighted by molar-refractivity contribution is 5.96. The molecular formula is C18H25N3O2. The summed E-state index contributed by atoms with van der Waals surface area (Å²) in [6, 6.07) is 3.83. The molecule has 23 heavy (non-hydrogen) atoms. The number of aromatic carboxylic acids is 1. The maximum atomic E-state index is 11.3. The average Bonchev–Trinajstić information content (AvgIpc) is 2.83. The Hall–Kier alpha value is -1.85. The summed E-state index contributed by atoms with van der Waals surface area (Å²) in [5.41, 5.74) is 3.55. The van der Waals surface area contributed by atoms with E-state index in [0.29, 0.717) is 5.56 Å². The summed E-state index contributed by atoms with van der Waals surface area (Å²) in [4.78, 5) is 13.8. The van der Waals surface area contributed by atoms with Crippen molar-refractivity contribution in [3.8, 4) is 0 Å². The molecule has 0 aliphatic carbocycles. The van der Waals surface area contributed by atoms with Crippen molar-refractivity contribution < 1.29 is 9.90 Å². The van der Waals surface area contributed by atoms with Crippen LogP contribution in [0.5, 0.6) is 0 Å². The fraction of sp³-hybridized carbons (Fsp3) is 0.500. The molecule has 0 atom stereocenters. The van der Waals surface area contributed by atoms with Gasteiger partial charge in [0.2, 0.25) is 0 Å². The van der Waals surface area contributed by atoms with Gasteiger partial charge in [0.15, 0.2) is 0 Å². The first-order valence-electron chi connectivity index (χ1n) is 8.31. The van der Waals surface area contributed by atoms with Crippen LogP contribution in [0.4, 0.5) is 0 Å². The molecule has 1 fully saturated rings. The molecule has 0 bridgehead atoms. The minimum absolute atomic E-state index is 0.395. The van der Waals surface area contributed by atoms with Crippen LogP contribution in [0.3, 0.4) is 0 Å². The van der Waals surface area contributed by atoms with Gasteiger partial charge in [-0.2, -0.15) is 0 Å². The number of carbonyl (C=O) groups is 1. The molecule has 0 saturated carbocycles. The van der Waals surface area contributed by atoms with Crippen LogP contribution < -0.4 is 5.32 Å². The number of hydrogen-bond donors (Lipinski definition) is 2. The SMILES string of the molecule is Cc1cc2c(CCCN3CCNCC3)cn(C)c2cc1C(=O)O. The highest BCUT2D eigenvalue weighted by Gasteiger charge is 2.14. The molecule has 0 radical (unpaired) electrons. The van der Waals surface area contributed by atoms with Crippen molar-refractivity contribution in [2.24, 2.45) is 7.05 Å². The zero-order chi connectivity index (χ0) is 16.4. The number of carboxylic acids is 1. The van der Waals surface area contributed by atoms with E-state index in [-0.39, 0.29) is 0 Å². The molecule has 5 heteroatoms. The molecule has 2 aromatic rings. The number of aryl methyl sites for hydroxylation is 3. The second-order valence-electron chi connectivity index (χ2n) is 6.45. The summed E-state index contributed by atoms with van der Waals surface area (Å²) in [5, 5.41) is 13.9. The smallest absolute Gasteiger partial charge is 0.336 e. The monoisotopic (exact) mass is 315 g/mol. The first-order valence-corrected chi connectivity index (χ1v) is 8.31. The van der Waals surface area contributed by atoms with E-state index in [1.807, 2.05) is 24.6 Å². The van der Waals surface area contributed by atoms with E-state index in [1.165, 1.54) is 10.9 Å². The molecule has 2 heterocycles. The van der Waals surface area contributed by atoms with Crippen molar-refractivity contribution in [2.45, 2.75) is 19.8 Å². The number of nitrogens with zero attached hydrogens (tertiary/aromatic N) is 2. The third-order valence-electron chi connectivity index (χ3n) is 4.78. The van der Waals surface area contributed by atoms with Crippen LogP contribution >= 0.6 is 0 Å². The quantitative estimate of drug-likeness (QED) is 0.886. The molecule has 0 unspecified atom stereocenters. The first-order chi connectivity index (χ1) is 11.1. The molecule has 1 saturated heterocycles. The maximum absolute atomic E-state index is 11.3. The summed E-state index contributed by atoms with van der Waals surface area (Å²) in [5.74, 6) is -0.856. The minimum Gasteiger partial charge on any atom is -0.478 e. The van der Waals surface area contributed by atoms with Gasteiger partial charge in [0, 0.05) is 50.3 Å². The van der Waals surface area contributed by atoms with E-state index in [0.717, 1.165) is 56.6 Å². The van der Waals surface area contributed by atoms with E-state index in [9.17, 15) is 9.90 Å². The summed E-state index contributed by atoms with van der Waals surface area (Å²) in [6.07, 6.45) is 4.32. The second kappa shape index (κ2) is 6.72. The zero-order valence-electron chi connectivity index (χ0n) is 13.9. The lowest BCUT2D eigenvalue weighted by molar-refractivity contribution is 0.0696. The fourth-order valence-electron chi connectivity index (χ4n) is 3.48. The number of fused-ring (bicyclic) bond motifs is 1.